The van der Waals surface area contributed by atoms with E-state index in [4.69, 9.17) is 4.74 Å². The van der Waals surface area contributed by atoms with Crippen LogP contribution < -0.4 is 10.1 Å². The Balaban J connectivity index is 1.54. The summed E-state index contributed by atoms with van der Waals surface area (Å²) in [4.78, 5) is 12.6. The zero-order valence-corrected chi connectivity index (χ0v) is 16.0. The van der Waals surface area contributed by atoms with Crippen LogP contribution in [-0.2, 0) is 6.42 Å². The van der Waals surface area contributed by atoms with E-state index in [0.717, 1.165) is 22.3 Å². The third-order valence-electron chi connectivity index (χ3n) is 4.55. The van der Waals surface area contributed by atoms with Crippen molar-refractivity contribution >= 4 is 27.5 Å². The molecule has 3 aromatic rings. The Morgan fingerprint density at radius 2 is 1.85 bits per heavy atom. The van der Waals surface area contributed by atoms with Crippen molar-refractivity contribution in [1.29, 1.82) is 0 Å². The van der Waals surface area contributed by atoms with Gasteiger partial charge in [0.2, 0.25) is 0 Å². The van der Waals surface area contributed by atoms with Crippen LogP contribution >= 0.6 is 15.9 Å². The van der Waals surface area contributed by atoms with E-state index in [2.05, 4.69) is 57.6 Å². The van der Waals surface area contributed by atoms with Gasteiger partial charge in [-0.2, -0.15) is 0 Å². The highest BCUT2D eigenvalue weighted by atomic mass is 79.9. The van der Waals surface area contributed by atoms with Crippen molar-refractivity contribution in [3.8, 4) is 16.9 Å². The van der Waals surface area contributed by atoms with E-state index >= 15 is 0 Å². The van der Waals surface area contributed by atoms with Crippen molar-refractivity contribution in [2.24, 2.45) is 0 Å². The fourth-order valence-electron chi connectivity index (χ4n) is 3.34. The maximum atomic E-state index is 12.6. The Kier molecular flexibility index (Phi) is 4.51. The third kappa shape index (κ3) is 3.13. The molecule has 4 rings (SSSR count). The van der Waals surface area contributed by atoms with Gasteiger partial charge in [0.05, 0.1) is 11.1 Å². The number of benzene rings is 3. The summed E-state index contributed by atoms with van der Waals surface area (Å²) < 4.78 is 6.27. The summed E-state index contributed by atoms with van der Waals surface area (Å²) in [6.45, 7) is 2.51. The highest BCUT2D eigenvalue weighted by Crippen LogP contribution is 2.37. The first-order valence-corrected chi connectivity index (χ1v) is 9.40. The number of nitrogens with one attached hydrogen (secondary N) is 1. The first-order chi connectivity index (χ1) is 12.7. The van der Waals surface area contributed by atoms with E-state index in [1.165, 1.54) is 22.3 Å². The third-order valence-corrected chi connectivity index (χ3v) is 5.17. The van der Waals surface area contributed by atoms with Crippen LogP contribution in [0.2, 0.25) is 0 Å². The van der Waals surface area contributed by atoms with Crippen LogP contribution in [0.1, 0.15) is 28.4 Å². The standard InChI is InChI=1S/C22H18BrNO2/c1-2-26-21-10-7-15(13-20(21)23)22(25)24-17-8-9-19-16(12-17)11-14-5-3-4-6-18(14)19/h3-10,12-13H,2,11H2,1H3,(H,24,25). The summed E-state index contributed by atoms with van der Waals surface area (Å²) in [5.74, 6) is 0.601. The number of halogens is 1. The lowest BCUT2D eigenvalue weighted by Crippen LogP contribution is -2.12. The van der Waals surface area contributed by atoms with E-state index in [1.54, 1.807) is 12.1 Å². The van der Waals surface area contributed by atoms with Crippen LogP contribution in [0.4, 0.5) is 5.69 Å². The average molecular weight is 408 g/mol. The van der Waals surface area contributed by atoms with E-state index in [0.29, 0.717) is 12.2 Å². The van der Waals surface area contributed by atoms with Gasteiger partial charge in [-0.15, -0.1) is 0 Å². The Morgan fingerprint density at radius 1 is 1.04 bits per heavy atom. The zero-order chi connectivity index (χ0) is 18.1. The van der Waals surface area contributed by atoms with Gasteiger partial charge in [-0.3, -0.25) is 4.79 Å². The summed E-state index contributed by atoms with van der Waals surface area (Å²) in [6, 6.07) is 19.9. The first kappa shape index (κ1) is 16.9. The molecule has 4 heteroatoms. The van der Waals surface area contributed by atoms with Gasteiger partial charge in [0.25, 0.3) is 5.91 Å². The highest BCUT2D eigenvalue weighted by molar-refractivity contribution is 9.10. The predicted octanol–water partition coefficient (Wildman–Crippen LogP) is 5.67. The molecule has 1 N–H and O–H groups in total. The van der Waals surface area contributed by atoms with Crippen molar-refractivity contribution in [2.45, 2.75) is 13.3 Å². The average Bonchev–Trinajstić information content (AvgIpc) is 3.01. The molecule has 1 aliphatic carbocycles. The summed E-state index contributed by atoms with van der Waals surface area (Å²) in [5.41, 5.74) is 6.52. The molecule has 0 aliphatic heterocycles. The maximum absolute atomic E-state index is 12.6. The quantitative estimate of drug-likeness (QED) is 0.473. The summed E-state index contributed by atoms with van der Waals surface area (Å²) in [5, 5.41) is 2.99. The molecule has 26 heavy (non-hydrogen) atoms. The number of hydrogen-bond donors (Lipinski definition) is 1. The molecule has 130 valence electrons. The summed E-state index contributed by atoms with van der Waals surface area (Å²) >= 11 is 3.45. The van der Waals surface area contributed by atoms with Gasteiger partial charge >= 0.3 is 0 Å². The van der Waals surface area contributed by atoms with Crippen LogP contribution in [-0.4, -0.2) is 12.5 Å². The lowest BCUT2D eigenvalue weighted by Gasteiger charge is -2.10. The monoisotopic (exact) mass is 407 g/mol. The first-order valence-electron chi connectivity index (χ1n) is 8.60. The molecule has 0 heterocycles. The number of anilines is 1. The second-order valence-electron chi connectivity index (χ2n) is 6.24. The second kappa shape index (κ2) is 6.96. The van der Waals surface area contributed by atoms with Gasteiger partial charge in [-0.1, -0.05) is 30.3 Å². The predicted molar refractivity (Wildman–Crippen MR) is 108 cm³/mol. The molecule has 1 amide bonds. The minimum Gasteiger partial charge on any atom is -0.493 e. The minimum atomic E-state index is -0.135. The molecule has 0 bridgehead atoms. The molecule has 0 spiro atoms. The minimum absolute atomic E-state index is 0.135. The van der Waals surface area contributed by atoms with E-state index in [-0.39, 0.29) is 5.91 Å². The lowest BCUT2D eigenvalue weighted by atomic mass is 10.1. The van der Waals surface area contributed by atoms with Gasteiger partial charge in [-0.05, 0) is 81.9 Å². The van der Waals surface area contributed by atoms with Gasteiger partial charge in [0, 0.05) is 11.3 Å². The van der Waals surface area contributed by atoms with Crippen LogP contribution in [0.3, 0.4) is 0 Å². The second-order valence-corrected chi connectivity index (χ2v) is 7.09. The van der Waals surface area contributed by atoms with Crippen LogP contribution in [0, 0.1) is 0 Å². The molecular weight excluding hydrogens is 390 g/mol. The SMILES string of the molecule is CCOc1ccc(C(=O)Nc2ccc3c(c2)Cc2ccccc2-3)cc1Br. The Morgan fingerprint density at radius 3 is 2.65 bits per heavy atom. The highest BCUT2D eigenvalue weighted by Gasteiger charge is 2.18. The van der Waals surface area contributed by atoms with Gasteiger partial charge in [-0.25, -0.2) is 0 Å². The van der Waals surface area contributed by atoms with Gasteiger partial charge in [0.1, 0.15) is 5.75 Å². The number of amides is 1. The number of fused-ring (bicyclic) bond motifs is 3. The van der Waals surface area contributed by atoms with Crippen molar-refractivity contribution in [3.05, 3.63) is 81.8 Å². The molecule has 0 fully saturated rings. The number of carbonyl (C=O) groups is 1. The van der Waals surface area contributed by atoms with E-state index in [9.17, 15) is 4.79 Å². The molecule has 0 unspecified atom stereocenters. The number of hydrogen-bond acceptors (Lipinski definition) is 2. The maximum Gasteiger partial charge on any atom is 0.255 e. The molecule has 0 atom stereocenters. The van der Waals surface area contributed by atoms with Crippen molar-refractivity contribution < 1.29 is 9.53 Å². The molecule has 3 aromatic carbocycles. The number of rotatable bonds is 4. The number of carbonyl (C=O) groups excluding carboxylic acids is 1. The van der Waals surface area contributed by atoms with E-state index < -0.39 is 0 Å². The summed E-state index contributed by atoms with van der Waals surface area (Å²) in [6.07, 6.45) is 0.907. The fourth-order valence-corrected chi connectivity index (χ4v) is 3.83. The van der Waals surface area contributed by atoms with Gasteiger partial charge in [0.15, 0.2) is 0 Å². The molecule has 0 saturated heterocycles. The smallest absolute Gasteiger partial charge is 0.255 e. The topological polar surface area (TPSA) is 38.3 Å². The molecule has 0 radical (unpaired) electrons. The van der Waals surface area contributed by atoms with Crippen LogP contribution in [0.15, 0.2) is 65.1 Å². The van der Waals surface area contributed by atoms with Gasteiger partial charge < -0.3 is 10.1 Å². The Labute approximate surface area is 161 Å². The largest absolute Gasteiger partial charge is 0.493 e. The zero-order valence-electron chi connectivity index (χ0n) is 14.4. The molecule has 1 aliphatic rings. The van der Waals surface area contributed by atoms with Crippen LogP contribution in [0.5, 0.6) is 5.75 Å². The normalized spacial score (nSPS) is 11.6. The van der Waals surface area contributed by atoms with Crippen molar-refractivity contribution in [2.75, 3.05) is 11.9 Å². The summed E-state index contributed by atoms with van der Waals surface area (Å²) in [7, 11) is 0. The molecule has 0 aromatic heterocycles. The van der Waals surface area contributed by atoms with Crippen molar-refractivity contribution in [3.63, 3.8) is 0 Å². The van der Waals surface area contributed by atoms with Crippen molar-refractivity contribution in [1.82, 2.24) is 0 Å². The fraction of sp³-hybridized carbons (Fsp3) is 0.136. The molecular formula is C22H18BrNO2. The Bertz CT molecular complexity index is 997. The van der Waals surface area contributed by atoms with E-state index in [1.807, 2.05) is 19.1 Å². The van der Waals surface area contributed by atoms with Crippen LogP contribution in [0.25, 0.3) is 11.1 Å². The number of ether oxygens (including phenoxy) is 1. The molecule has 0 saturated carbocycles. The molecule has 3 nitrogen and oxygen atoms in total. The lowest BCUT2D eigenvalue weighted by molar-refractivity contribution is 0.102. The Hall–Kier alpha value is -2.59.